The largest absolute Gasteiger partial charge is 0.394 e. The molecule has 0 aliphatic carbocycles. The van der Waals surface area contributed by atoms with Crippen LogP contribution in [0.2, 0.25) is 0 Å². The van der Waals surface area contributed by atoms with E-state index in [4.69, 9.17) is 16.0 Å². The fourth-order valence-electron chi connectivity index (χ4n) is 2.44. The van der Waals surface area contributed by atoms with Crippen molar-refractivity contribution < 1.29 is 24.9 Å². The number of terminal acetylenes is 1. The molecule has 2 aromatic heterocycles. The molecule has 3 rings (SSSR count). The fraction of sp³-hybridized carbons (Fsp3) is 0.462. The molecular formula is C13H15N5O5. The van der Waals surface area contributed by atoms with Crippen molar-refractivity contribution >= 4 is 17.0 Å². The van der Waals surface area contributed by atoms with E-state index in [-0.39, 0.29) is 11.6 Å². The molecule has 10 nitrogen and oxygen atoms in total. The molecule has 1 aliphatic heterocycles. The second kappa shape index (κ2) is 6.07. The number of hydrogen-bond acceptors (Lipinski definition) is 9. The average Bonchev–Trinajstić information content (AvgIpc) is 3.10. The third-order valence-electron chi connectivity index (χ3n) is 3.54. The van der Waals surface area contributed by atoms with Crippen molar-refractivity contribution in [2.75, 3.05) is 19.2 Å². The Hall–Kier alpha value is -2.29. The van der Waals surface area contributed by atoms with E-state index in [2.05, 4.69) is 26.4 Å². The Kier molecular flexibility index (Phi) is 4.12. The Morgan fingerprint density at radius 1 is 1.43 bits per heavy atom. The number of nitrogens with one attached hydrogen (secondary N) is 1. The van der Waals surface area contributed by atoms with Crippen LogP contribution in [0.3, 0.4) is 0 Å². The highest BCUT2D eigenvalue weighted by Gasteiger charge is 2.44. The number of rotatable bonds is 4. The number of nitrogens with zero attached hydrogens (tertiary/aromatic N) is 4. The molecule has 0 amide bonds. The molecule has 0 radical (unpaired) electrons. The zero-order chi connectivity index (χ0) is 16.6. The lowest BCUT2D eigenvalue weighted by Crippen LogP contribution is -2.33. The van der Waals surface area contributed by atoms with E-state index in [0.717, 1.165) is 0 Å². The highest BCUT2D eigenvalue weighted by molar-refractivity contribution is 5.83. The molecule has 1 fully saturated rings. The van der Waals surface area contributed by atoms with Crippen LogP contribution in [-0.4, -0.2) is 66.9 Å². The van der Waals surface area contributed by atoms with Gasteiger partial charge in [0.25, 0.3) is 0 Å². The van der Waals surface area contributed by atoms with Crippen molar-refractivity contribution in [1.29, 1.82) is 0 Å². The molecule has 10 heteroatoms. The maximum atomic E-state index is 10.1. The van der Waals surface area contributed by atoms with Gasteiger partial charge in [-0.25, -0.2) is 15.4 Å². The van der Waals surface area contributed by atoms with E-state index in [0.29, 0.717) is 11.2 Å². The van der Waals surface area contributed by atoms with Gasteiger partial charge in [-0.1, -0.05) is 0 Å². The van der Waals surface area contributed by atoms with E-state index in [1.165, 1.54) is 18.0 Å². The van der Waals surface area contributed by atoms with Crippen molar-refractivity contribution in [1.82, 2.24) is 19.5 Å². The van der Waals surface area contributed by atoms with Gasteiger partial charge in [0.05, 0.1) is 20.0 Å². The Morgan fingerprint density at radius 2 is 2.22 bits per heavy atom. The lowest BCUT2D eigenvalue weighted by atomic mass is 10.1. The summed E-state index contributed by atoms with van der Waals surface area (Å²) >= 11 is 0. The summed E-state index contributed by atoms with van der Waals surface area (Å²) in [5, 5.41) is 29.2. The summed E-state index contributed by atoms with van der Waals surface area (Å²) in [6.07, 6.45) is 2.36. The predicted molar refractivity (Wildman–Crippen MR) is 76.9 cm³/mol. The summed E-state index contributed by atoms with van der Waals surface area (Å²) in [6, 6.07) is 0. The SMILES string of the molecule is C#Cc1nc(NOC)c2ncn([C@@H]3O[C@H](CO)[C@@H](O)[C@H]3O)c2n1. The summed E-state index contributed by atoms with van der Waals surface area (Å²) in [5.74, 6) is 2.66. The fourth-order valence-corrected chi connectivity index (χ4v) is 2.44. The molecule has 4 N–H and O–H groups in total. The highest BCUT2D eigenvalue weighted by atomic mass is 16.6. The van der Waals surface area contributed by atoms with Crippen LogP contribution in [0.5, 0.6) is 0 Å². The maximum Gasteiger partial charge on any atom is 0.208 e. The standard InChI is InChI=1S/C13H15N5O5/c1-3-7-15-11(17-22-2)8-12(16-7)18(5-14-8)13-10(21)9(20)6(4-19)23-13/h1,5-6,9-10,13,19-21H,4H2,2H3,(H,15,16,17)/t6-,9-,10-,13-/m1/s1. The highest BCUT2D eigenvalue weighted by Crippen LogP contribution is 2.32. The van der Waals surface area contributed by atoms with Gasteiger partial charge in [-0.3, -0.25) is 9.40 Å². The molecule has 0 spiro atoms. The van der Waals surface area contributed by atoms with Gasteiger partial charge in [-0.15, -0.1) is 6.42 Å². The molecule has 2 aromatic rings. The minimum Gasteiger partial charge on any atom is -0.394 e. The second-order valence-corrected chi connectivity index (χ2v) is 4.90. The van der Waals surface area contributed by atoms with E-state index in [1.807, 2.05) is 0 Å². The molecule has 1 aliphatic rings. The maximum absolute atomic E-state index is 10.1. The Labute approximate surface area is 130 Å². The molecule has 122 valence electrons. The molecule has 0 saturated carbocycles. The van der Waals surface area contributed by atoms with E-state index in [9.17, 15) is 15.3 Å². The van der Waals surface area contributed by atoms with Crippen molar-refractivity contribution in [3.05, 3.63) is 12.2 Å². The van der Waals surface area contributed by atoms with Crippen LogP contribution in [0.4, 0.5) is 5.82 Å². The van der Waals surface area contributed by atoms with Gasteiger partial charge in [0.2, 0.25) is 5.82 Å². The van der Waals surface area contributed by atoms with Gasteiger partial charge in [0.15, 0.2) is 23.2 Å². The normalized spacial score (nSPS) is 27.3. The summed E-state index contributed by atoms with van der Waals surface area (Å²) in [5.41, 5.74) is 3.20. The number of anilines is 1. The van der Waals surface area contributed by atoms with Crippen LogP contribution in [0.1, 0.15) is 12.1 Å². The summed E-state index contributed by atoms with van der Waals surface area (Å²) in [6.45, 7) is -0.428. The van der Waals surface area contributed by atoms with Crippen LogP contribution in [0.15, 0.2) is 6.33 Å². The van der Waals surface area contributed by atoms with Crippen LogP contribution < -0.4 is 5.48 Å². The van der Waals surface area contributed by atoms with Gasteiger partial charge in [-0.2, -0.15) is 4.98 Å². The molecule has 3 heterocycles. The van der Waals surface area contributed by atoms with Gasteiger partial charge >= 0.3 is 0 Å². The first kappa shape index (κ1) is 15.6. The molecule has 1 saturated heterocycles. The molecule has 4 atom stereocenters. The first-order chi connectivity index (χ1) is 11.1. The minimum atomic E-state index is -1.26. The number of aromatic nitrogens is 4. The summed E-state index contributed by atoms with van der Waals surface area (Å²) in [7, 11) is 1.41. The molecule has 23 heavy (non-hydrogen) atoms. The van der Waals surface area contributed by atoms with Gasteiger partial charge < -0.3 is 20.1 Å². The number of hydrogen-bond donors (Lipinski definition) is 4. The number of ether oxygens (including phenoxy) is 1. The quantitative estimate of drug-likeness (QED) is 0.387. The van der Waals surface area contributed by atoms with Crippen molar-refractivity contribution in [3.8, 4) is 12.3 Å². The van der Waals surface area contributed by atoms with E-state index in [1.54, 1.807) is 0 Å². The smallest absolute Gasteiger partial charge is 0.208 e. The van der Waals surface area contributed by atoms with Crippen LogP contribution in [0.25, 0.3) is 11.2 Å². The monoisotopic (exact) mass is 321 g/mol. The molecule has 0 bridgehead atoms. The van der Waals surface area contributed by atoms with Crippen molar-refractivity contribution in [3.63, 3.8) is 0 Å². The zero-order valence-corrected chi connectivity index (χ0v) is 12.1. The third kappa shape index (κ3) is 2.50. The first-order valence-corrected chi connectivity index (χ1v) is 6.73. The van der Waals surface area contributed by atoms with Gasteiger partial charge in [0, 0.05) is 0 Å². The van der Waals surface area contributed by atoms with Gasteiger partial charge in [0.1, 0.15) is 18.3 Å². The second-order valence-electron chi connectivity index (χ2n) is 4.90. The van der Waals surface area contributed by atoms with Crippen molar-refractivity contribution in [2.24, 2.45) is 0 Å². The van der Waals surface area contributed by atoms with Gasteiger partial charge in [-0.05, 0) is 5.92 Å². The first-order valence-electron chi connectivity index (χ1n) is 6.73. The Balaban J connectivity index is 2.09. The number of aliphatic hydroxyl groups is 3. The number of fused-ring (bicyclic) bond motifs is 1. The third-order valence-corrected chi connectivity index (χ3v) is 3.54. The number of imidazole rings is 1. The van der Waals surface area contributed by atoms with Crippen LogP contribution in [0, 0.1) is 12.3 Å². The summed E-state index contributed by atoms with van der Waals surface area (Å²) in [4.78, 5) is 17.2. The Bertz CT molecular complexity index is 757. The topological polar surface area (TPSA) is 135 Å². The minimum absolute atomic E-state index is 0.0885. The van der Waals surface area contributed by atoms with E-state index >= 15 is 0 Å². The van der Waals surface area contributed by atoms with E-state index < -0.39 is 31.1 Å². The molecule has 0 aromatic carbocycles. The Morgan fingerprint density at radius 3 is 2.83 bits per heavy atom. The zero-order valence-electron chi connectivity index (χ0n) is 12.1. The summed E-state index contributed by atoms with van der Waals surface area (Å²) < 4.78 is 6.89. The lowest BCUT2D eigenvalue weighted by molar-refractivity contribution is -0.0511. The number of aliphatic hydroxyl groups excluding tert-OH is 3. The average molecular weight is 321 g/mol. The van der Waals surface area contributed by atoms with Crippen LogP contribution in [-0.2, 0) is 9.57 Å². The van der Waals surface area contributed by atoms with Crippen molar-refractivity contribution in [2.45, 2.75) is 24.5 Å². The lowest BCUT2D eigenvalue weighted by Gasteiger charge is -2.16. The molecular weight excluding hydrogens is 306 g/mol. The molecule has 0 unspecified atom stereocenters. The predicted octanol–water partition coefficient (Wildman–Crippen LogP) is -1.61. The van der Waals surface area contributed by atoms with Crippen LogP contribution >= 0.6 is 0 Å².